The Hall–Kier alpha value is -3.50. The monoisotopic (exact) mass is 522 g/mol. The van der Waals surface area contributed by atoms with E-state index in [9.17, 15) is 13.4 Å². The molecular weight excluding hydrogens is 493 g/mol. The third-order valence-corrected chi connectivity index (χ3v) is 6.71. The molecule has 1 amide bonds. The SMILES string of the molecule is CNCCCCCNC(=O)COc1ccc(C2=N/C(=C\c3ccc(-c4cccs4)n3B(F)F)C=C2)cc1. The van der Waals surface area contributed by atoms with Crippen LogP contribution in [0.25, 0.3) is 16.6 Å². The molecule has 1 aromatic carbocycles. The summed E-state index contributed by atoms with van der Waals surface area (Å²) in [6.45, 7) is 1.58. The summed E-state index contributed by atoms with van der Waals surface area (Å²) in [5, 5.41) is 7.83. The third-order valence-electron chi connectivity index (χ3n) is 5.82. The van der Waals surface area contributed by atoms with Crippen LogP contribution >= 0.6 is 11.3 Å². The molecule has 0 fully saturated rings. The van der Waals surface area contributed by atoms with Crippen LogP contribution in [0.1, 0.15) is 30.5 Å². The number of unbranched alkanes of at least 4 members (excludes halogenated alkanes) is 2. The lowest BCUT2D eigenvalue weighted by Crippen LogP contribution is -2.29. The lowest BCUT2D eigenvalue weighted by Gasteiger charge is -2.08. The Morgan fingerprint density at radius 2 is 1.89 bits per heavy atom. The Balaban J connectivity index is 1.33. The van der Waals surface area contributed by atoms with Gasteiger partial charge < -0.3 is 19.8 Å². The molecule has 4 rings (SSSR count). The van der Waals surface area contributed by atoms with Crippen LogP contribution in [0, 0.1) is 0 Å². The van der Waals surface area contributed by atoms with Crippen LogP contribution < -0.4 is 15.4 Å². The van der Waals surface area contributed by atoms with Gasteiger partial charge >= 0.3 is 7.40 Å². The normalized spacial score (nSPS) is 13.7. The molecule has 192 valence electrons. The molecule has 10 heteroatoms. The van der Waals surface area contributed by atoms with Gasteiger partial charge in [-0.2, -0.15) is 0 Å². The van der Waals surface area contributed by atoms with Crippen LogP contribution in [0.5, 0.6) is 5.75 Å². The van der Waals surface area contributed by atoms with Gasteiger partial charge in [-0.05, 0) is 92.5 Å². The number of rotatable bonds is 13. The van der Waals surface area contributed by atoms with Gasteiger partial charge in [-0.25, -0.2) is 4.99 Å². The summed E-state index contributed by atoms with van der Waals surface area (Å²) in [7, 11) is -0.733. The lowest BCUT2D eigenvalue weighted by atomic mass is 10.1. The number of aromatic nitrogens is 1. The number of benzene rings is 1. The fourth-order valence-electron chi connectivity index (χ4n) is 3.95. The average Bonchev–Trinajstić information content (AvgIpc) is 3.66. The van der Waals surface area contributed by atoms with Gasteiger partial charge in [-0.3, -0.25) is 13.4 Å². The van der Waals surface area contributed by atoms with Crippen LogP contribution in [-0.4, -0.2) is 50.2 Å². The van der Waals surface area contributed by atoms with E-state index >= 15 is 0 Å². The highest BCUT2D eigenvalue weighted by Crippen LogP contribution is 2.29. The molecule has 1 aliphatic rings. The van der Waals surface area contributed by atoms with Gasteiger partial charge in [0.25, 0.3) is 5.91 Å². The Labute approximate surface area is 220 Å². The van der Waals surface area contributed by atoms with E-state index in [4.69, 9.17) is 4.74 Å². The molecule has 3 heterocycles. The van der Waals surface area contributed by atoms with E-state index < -0.39 is 7.40 Å². The molecular formula is C27H29BF2N4O2S. The number of amides is 1. The summed E-state index contributed by atoms with van der Waals surface area (Å²) in [5.41, 5.74) is 3.06. The first-order valence-electron chi connectivity index (χ1n) is 12.2. The largest absolute Gasteiger partial charge is 0.678 e. The summed E-state index contributed by atoms with van der Waals surface area (Å²) in [5.74, 6) is 0.438. The maximum Gasteiger partial charge on any atom is 0.678 e. The van der Waals surface area contributed by atoms with E-state index in [1.165, 1.54) is 11.3 Å². The fraction of sp³-hybridized carbons (Fsp3) is 0.259. The predicted octanol–water partition coefficient (Wildman–Crippen LogP) is 5.27. The van der Waals surface area contributed by atoms with Crippen molar-refractivity contribution in [2.24, 2.45) is 4.99 Å². The van der Waals surface area contributed by atoms with E-state index in [0.717, 1.165) is 46.4 Å². The van der Waals surface area contributed by atoms with Crippen molar-refractivity contribution >= 4 is 36.4 Å². The Morgan fingerprint density at radius 3 is 2.62 bits per heavy atom. The van der Waals surface area contributed by atoms with Crippen LogP contribution in [0.2, 0.25) is 0 Å². The van der Waals surface area contributed by atoms with Gasteiger partial charge in [0.1, 0.15) is 5.75 Å². The van der Waals surface area contributed by atoms with Crippen LogP contribution in [0.15, 0.2) is 76.8 Å². The Bertz CT molecular complexity index is 1270. The van der Waals surface area contributed by atoms with E-state index in [2.05, 4.69) is 15.6 Å². The minimum Gasteiger partial charge on any atom is -0.484 e. The van der Waals surface area contributed by atoms with Gasteiger partial charge in [-0.1, -0.05) is 12.5 Å². The maximum absolute atomic E-state index is 13.8. The minimum atomic E-state index is -2.66. The van der Waals surface area contributed by atoms with Crippen LogP contribution in [0.4, 0.5) is 8.63 Å². The van der Waals surface area contributed by atoms with Gasteiger partial charge in [0, 0.05) is 22.7 Å². The zero-order valence-electron chi connectivity index (χ0n) is 20.6. The van der Waals surface area contributed by atoms with E-state index in [1.54, 1.807) is 36.4 Å². The highest BCUT2D eigenvalue weighted by Gasteiger charge is 2.24. The topological polar surface area (TPSA) is 67.7 Å². The maximum atomic E-state index is 13.8. The molecule has 2 N–H and O–H groups in total. The average molecular weight is 522 g/mol. The Kier molecular flexibility index (Phi) is 9.45. The first-order chi connectivity index (χ1) is 18.0. The van der Waals surface area contributed by atoms with Crippen molar-refractivity contribution in [3.8, 4) is 16.3 Å². The summed E-state index contributed by atoms with van der Waals surface area (Å²) in [6.07, 6.45) is 8.40. The second kappa shape index (κ2) is 13.2. The summed E-state index contributed by atoms with van der Waals surface area (Å²) in [4.78, 5) is 17.4. The molecule has 0 spiro atoms. The van der Waals surface area contributed by atoms with Crippen molar-refractivity contribution in [1.29, 1.82) is 0 Å². The molecule has 6 nitrogen and oxygen atoms in total. The smallest absolute Gasteiger partial charge is 0.484 e. The van der Waals surface area contributed by atoms with Gasteiger partial charge in [0.15, 0.2) is 6.61 Å². The van der Waals surface area contributed by atoms with Crippen LogP contribution in [0.3, 0.4) is 0 Å². The summed E-state index contributed by atoms with van der Waals surface area (Å²) >= 11 is 1.42. The molecule has 0 radical (unpaired) electrons. The highest BCUT2D eigenvalue weighted by molar-refractivity contribution is 7.13. The first kappa shape index (κ1) is 26.6. The number of carbonyl (C=O) groups is 1. The van der Waals surface area contributed by atoms with E-state index in [0.29, 0.717) is 29.4 Å². The molecule has 1 aliphatic heterocycles. The second-order valence-corrected chi connectivity index (χ2v) is 9.44. The molecule has 0 saturated carbocycles. The summed E-state index contributed by atoms with van der Waals surface area (Å²) in [6, 6.07) is 14.4. The quantitative estimate of drug-likeness (QED) is 0.237. The number of nitrogens with one attached hydrogen (secondary N) is 2. The number of nitrogens with zero attached hydrogens (tertiary/aromatic N) is 2. The Morgan fingerprint density at radius 1 is 1.08 bits per heavy atom. The number of thiophene rings is 1. The summed E-state index contributed by atoms with van der Waals surface area (Å²) < 4.78 is 34.3. The molecule has 0 unspecified atom stereocenters. The van der Waals surface area contributed by atoms with Crippen molar-refractivity contribution in [3.05, 3.63) is 83.0 Å². The number of aliphatic imine (C=N–C) groups is 1. The van der Waals surface area contributed by atoms with Crippen LogP contribution in [-0.2, 0) is 4.79 Å². The number of allylic oxidation sites excluding steroid dienone is 2. The van der Waals surface area contributed by atoms with Crippen molar-refractivity contribution in [2.45, 2.75) is 19.3 Å². The van der Waals surface area contributed by atoms with E-state index in [-0.39, 0.29) is 12.5 Å². The minimum absolute atomic E-state index is 0.0408. The zero-order valence-corrected chi connectivity index (χ0v) is 21.4. The standard InChI is InChI=1S/C27H29BF2N4O2S/c1-31-15-3-2-4-16-32-27(35)19-36-23-11-7-20(8-12-23)24-13-9-21(33-24)18-22-10-14-25(34(22)28(29)30)26-6-5-17-37-26/h5-14,17-18,31H,2-4,15-16,19H2,1H3,(H,32,35)/b21-18-. The first-order valence-corrected chi connectivity index (χ1v) is 13.1. The van der Waals surface area contributed by atoms with E-state index in [1.807, 2.05) is 42.8 Å². The molecule has 0 bridgehead atoms. The van der Waals surface area contributed by atoms with Crippen molar-refractivity contribution in [3.63, 3.8) is 0 Å². The van der Waals surface area contributed by atoms with Crippen molar-refractivity contribution < 1.29 is 18.2 Å². The number of halogens is 2. The van der Waals surface area contributed by atoms with Gasteiger partial charge in [0.2, 0.25) is 0 Å². The third kappa shape index (κ3) is 7.27. The molecule has 0 atom stereocenters. The predicted molar refractivity (Wildman–Crippen MR) is 147 cm³/mol. The fourth-order valence-corrected chi connectivity index (χ4v) is 4.70. The van der Waals surface area contributed by atoms with Gasteiger partial charge in [0.05, 0.1) is 17.1 Å². The number of hydrogen-bond acceptors (Lipinski definition) is 5. The second-order valence-electron chi connectivity index (χ2n) is 8.50. The number of hydrogen-bond donors (Lipinski definition) is 2. The molecule has 0 saturated heterocycles. The zero-order chi connectivity index (χ0) is 26.0. The molecule has 3 aromatic rings. The van der Waals surface area contributed by atoms with Gasteiger partial charge in [-0.15, -0.1) is 11.3 Å². The number of ether oxygens (including phenoxy) is 1. The molecule has 0 aliphatic carbocycles. The van der Waals surface area contributed by atoms with Crippen molar-refractivity contribution in [1.82, 2.24) is 15.1 Å². The number of carbonyl (C=O) groups excluding carboxylic acids is 1. The molecule has 37 heavy (non-hydrogen) atoms. The highest BCUT2D eigenvalue weighted by atomic mass is 32.1. The lowest BCUT2D eigenvalue weighted by molar-refractivity contribution is -0.123. The van der Waals surface area contributed by atoms with Crippen molar-refractivity contribution in [2.75, 3.05) is 26.7 Å². The molecule has 2 aromatic heterocycles.